The van der Waals surface area contributed by atoms with Gasteiger partial charge in [-0.25, -0.2) is 4.85 Å². The summed E-state index contributed by atoms with van der Waals surface area (Å²) in [6.45, 7) is 11.2. The highest BCUT2D eigenvalue weighted by atomic mass is 16.5. The maximum absolute atomic E-state index is 12.7. The number of carbonyl (C=O) groups is 1. The van der Waals surface area contributed by atoms with Crippen molar-refractivity contribution in [3.8, 4) is 5.88 Å². The minimum absolute atomic E-state index is 0.0369. The smallest absolute Gasteiger partial charge is 0.254 e. The molecule has 6 nitrogen and oxygen atoms in total. The quantitative estimate of drug-likeness (QED) is 0.651. The number of benzene rings is 2. The van der Waals surface area contributed by atoms with Crippen molar-refractivity contribution in [2.45, 2.75) is 26.6 Å². The third kappa shape index (κ3) is 3.74. The van der Waals surface area contributed by atoms with Gasteiger partial charge in [0.15, 0.2) is 5.69 Å². The van der Waals surface area contributed by atoms with E-state index in [4.69, 9.17) is 11.3 Å². The third-order valence-electron chi connectivity index (χ3n) is 4.81. The van der Waals surface area contributed by atoms with Gasteiger partial charge in [0.1, 0.15) is 6.61 Å². The van der Waals surface area contributed by atoms with Crippen LogP contribution < -0.4 is 4.74 Å². The molecule has 2 heterocycles. The fourth-order valence-corrected chi connectivity index (χ4v) is 3.19. The molecule has 0 bridgehead atoms. The molecule has 6 heteroatoms. The summed E-state index contributed by atoms with van der Waals surface area (Å²) in [6.07, 6.45) is 0. The average Bonchev–Trinajstić information content (AvgIpc) is 3.15. The van der Waals surface area contributed by atoms with Gasteiger partial charge in [-0.15, -0.1) is 5.10 Å². The van der Waals surface area contributed by atoms with Crippen LogP contribution in [0.4, 0.5) is 5.69 Å². The standard InChI is InChI=1S/C22H20N4O2/c1-16-3-7-18(8-4-16)22(27)25-11-12-26-20(14-25)13-21(24-26)28-15-17-5-9-19(23-2)10-6-17/h3-10,13H,11-12,14-15H2,1H3. The third-order valence-corrected chi connectivity index (χ3v) is 4.81. The zero-order valence-electron chi connectivity index (χ0n) is 15.6. The number of fused-ring (bicyclic) bond motifs is 1. The maximum Gasteiger partial charge on any atom is 0.254 e. The highest BCUT2D eigenvalue weighted by Gasteiger charge is 2.23. The van der Waals surface area contributed by atoms with Gasteiger partial charge in [0.05, 0.1) is 25.4 Å². The lowest BCUT2D eigenvalue weighted by molar-refractivity contribution is 0.0706. The van der Waals surface area contributed by atoms with Crippen molar-refractivity contribution in [3.05, 3.63) is 88.4 Å². The van der Waals surface area contributed by atoms with E-state index in [0.29, 0.717) is 43.4 Å². The molecule has 0 spiro atoms. The topological polar surface area (TPSA) is 51.7 Å². The summed E-state index contributed by atoms with van der Waals surface area (Å²) in [7, 11) is 0. The second-order valence-corrected chi connectivity index (χ2v) is 6.86. The van der Waals surface area contributed by atoms with Crippen molar-refractivity contribution in [3.63, 3.8) is 0 Å². The summed E-state index contributed by atoms with van der Waals surface area (Å²) >= 11 is 0. The van der Waals surface area contributed by atoms with Crippen molar-refractivity contribution in [2.24, 2.45) is 0 Å². The van der Waals surface area contributed by atoms with E-state index in [9.17, 15) is 4.79 Å². The number of aryl methyl sites for hydroxylation is 1. The molecule has 0 N–H and O–H groups in total. The second-order valence-electron chi connectivity index (χ2n) is 6.86. The van der Waals surface area contributed by atoms with E-state index in [2.05, 4.69) is 9.94 Å². The zero-order chi connectivity index (χ0) is 19.5. The predicted octanol–water partition coefficient (Wildman–Crippen LogP) is 3.98. The van der Waals surface area contributed by atoms with Crippen LogP contribution in [0, 0.1) is 13.5 Å². The molecule has 0 radical (unpaired) electrons. The van der Waals surface area contributed by atoms with Crippen LogP contribution >= 0.6 is 0 Å². The van der Waals surface area contributed by atoms with Gasteiger partial charge in [-0.3, -0.25) is 9.48 Å². The molecule has 0 unspecified atom stereocenters. The molecule has 0 saturated carbocycles. The molecule has 28 heavy (non-hydrogen) atoms. The van der Waals surface area contributed by atoms with E-state index in [0.717, 1.165) is 16.8 Å². The van der Waals surface area contributed by atoms with Gasteiger partial charge in [0.25, 0.3) is 5.91 Å². The Balaban J connectivity index is 1.41. The van der Waals surface area contributed by atoms with Crippen LogP contribution in [0.2, 0.25) is 0 Å². The second kappa shape index (κ2) is 7.57. The first-order chi connectivity index (χ1) is 13.6. The first-order valence-corrected chi connectivity index (χ1v) is 9.14. The highest BCUT2D eigenvalue weighted by molar-refractivity contribution is 5.94. The molecule has 1 aliphatic rings. The lowest BCUT2D eigenvalue weighted by Crippen LogP contribution is -2.38. The summed E-state index contributed by atoms with van der Waals surface area (Å²) < 4.78 is 7.70. The first-order valence-electron chi connectivity index (χ1n) is 9.14. The summed E-state index contributed by atoms with van der Waals surface area (Å²) in [5, 5.41) is 4.49. The van der Waals surface area contributed by atoms with Gasteiger partial charge in [-0.2, -0.15) is 0 Å². The molecule has 1 aliphatic heterocycles. The monoisotopic (exact) mass is 372 g/mol. The lowest BCUT2D eigenvalue weighted by Gasteiger charge is -2.27. The van der Waals surface area contributed by atoms with Crippen LogP contribution in [0.1, 0.15) is 27.2 Å². The van der Waals surface area contributed by atoms with Crippen LogP contribution in [0.3, 0.4) is 0 Å². The summed E-state index contributed by atoms with van der Waals surface area (Å²) in [5.41, 5.74) is 4.40. The average molecular weight is 372 g/mol. The summed E-state index contributed by atoms with van der Waals surface area (Å²) in [4.78, 5) is 18.0. The number of carbonyl (C=O) groups excluding carboxylic acids is 1. The normalized spacial score (nSPS) is 12.9. The van der Waals surface area contributed by atoms with Crippen LogP contribution in [0.25, 0.3) is 4.85 Å². The largest absolute Gasteiger partial charge is 0.472 e. The van der Waals surface area contributed by atoms with E-state index < -0.39 is 0 Å². The Bertz CT molecular complexity index is 1030. The number of rotatable bonds is 4. The Morgan fingerprint density at radius 3 is 2.61 bits per heavy atom. The van der Waals surface area contributed by atoms with E-state index in [1.807, 2.05) is 59.0 Å². The van der Waals surface area contributed by atoms with Gasteiger partial charge in [0, 0.05) is 18.2 Å². The number of nitrogens with zero attached hydrogens (tertiary/aromatic N) is 4. The lowest BCUT2D eigenvalue weighted by atomic mass is 10.1. The predicted molar refractivity (Wildman–Crippen MR) is 105 cm³/mol. The molecule has 140 valence electrons. The van der Waals surface area contributed by atoms with Gasteiger partial charge < -0.3 is 9.64 Å². The number of ether oxygens (including phenoxy) is 1. The van der Waals surface area contributed by atoms with Crippen molar-refractivity contribution in [2.75, 3.05) is 6.54 Å². The van der Waals surface area contributed by atoms with Gasteiger partial charge >= 0.3 is 0 Å². The van der Waals surface area contributed by atoms with E-state index >= 15 is 0 Å². The van der Waals surface area contributed by atoms with E-state index in [-0.39, 0.29) is 5.91 Å². The minimum atomic E-state index is 0.0369. The summed E-state index contributed by atoms with van der Waals surface area (Å²) in [6, 6.07) is 16.9. The SMILES string of the molecule is [C-]#[N+]c1ccc(COc2cc3n(n2)CCN(C(=O)c2ccc(C)cc2)C3)cc1. The van der Waals surface area contributed by atoms with Crippen LogP contribution in [0.5, 0.6) is 5.88 Å². The minimum Gasteiger partial charge on any atom is -0.472 e. The molecule has 1 aromatic heterocycles. The summed E-state index contributed by atoms with van der Waals surface area (Å²) in [5.74, 6) is 0.587. The Labute approximate surface area is 163 Å². The molecule has 0 fully saturated rings. The zero-order valence-corrected chi connectivity index (χ0v) is 15.6. The molecule has 0 atom stereocenters. The Morgan fingerprint density at radius 1 is 1.14 bits per heavy atom. The molecular weight excluding hydrogens is 352 g/mol. The van der Waals surface area contributed by atoms with E-state index in [1.54, 1.807) is 12.1 Å². The molecular formula is C22H20N4O2. The number of hydrogen-bond acceptors (Lipinski definition) is 3. The van der Waals surface area contributed by atoms with Gasteiger partial charge in [0.2, 0.25) is 5.88 Å². The number of amides is 1. The Morgan fingerprint density at radius 2 is 1.89 bits per heavy atom. The molecule has 0 aliphatic carbocycles. The number of aromatic nitrogens is 2. The first kappa shape index (κ1) is 17.8. The Hall–Kier alpha value is -3.59. The van der Waals surface area contributed by atoms with Gasteiger partial charge in [-0.05, 0) is 24.6 Å². The van der Waals surface area contributed by atoms with Gasteiger partial charge in [-0.1, -0.05) is 42.0 Å². The van der Waals surface area contributed by atoms with E-state index in [1.165, 1.54) is 0 Å². The molecule has 1 amide bonds. The van der Waals surface area contributed by atoms with Crippen molar-refractivity contribution < 1.29 is 9.53 Å². The van der Waals surface area contributed by atoms with Crippen LogP contribution in [0.15, 0.2) is 54.6 Å². The fourth-order valence-electron chi connectivity index (χ4n) is 3.19. The van der Waals surface area contributed by atoms with Crippen molar-refractivity contribution in [1.82, 2.24) is 14.7 Å². The van der Waals surface area contributed by atoms with Crippen molar-refractivity contribution >= 4 is 11.6 Å². The maximum atomic E-state index is 12.7. The molecule has 0 saturated heterocycles. The van der Waals surface area contributed by atoms with Crippen molar-refractivity contribution in [1.29, 1.82) is 0 Å². The number of hydrogen-bond donors (Lipinski definition) is 0. The molecule has 3 aromatic rings. The molecule has 4 rings (SSSR count). The Kier molecular flexibility index (Phi) is 4.81. The van der Waals surface area contributed by atoms with Crippen LogP contribution in [-0.2, 0) is 19.7 Å². The highest BCUT2D eigenvalue weighted by Crippen LogP contribution is 2.21. The fraction of sp³-hybridized carbons (Fsp3) is 0.227. The molecule has 2 aromatic carbocycles. The van der Waals surface area contributed by atoms with Crippen LogP contribution in [-0.4, -0.2) is 27.1 Å².